The Morgan fingerprint density at radius 1 is 1.41 bits per heavy atom. The van der Waals surface area contributed by atoms with Crippen molar-refractivity contribution in [2.75, 3.05) is 18.0 Å². The first-order valence-corrected chi connectivity index (χ1v) is 5.52. The van der Waals surface area contributed by atoms with Crippen molar-refractivity contribution in [3.8, 4) is 0 Å². The third-order valence-electron chi connectivity index (χ3n) is 2.56. The fourth-order valence-corrected chi connectivity index (χ4v) is 1.43. The zero-order chi connectivity index (χ0) is 12.1. The van der Waals surface area contributed by atoms with Crippen LogP contribution in [0, 0.1) is 0 Å². The summed E-state index contributed by atoms with van der Waals surface area (Å²) < 4.78 is 0. The first-order valence-electron chi connectivity index (χ1n) is 5.52. The molecule has 6 heteroatoms. The molecule has 0 unspecified atom stereocenters. The highest BCUT2D eigenvalue weighted by molar-refractivity contribution is 5.76. The van der Waals surface area contributed by atoms with Crippen LogP contribution in [0.3, 0.4) is 0 Å². The number of nitrogens with two attached hydrogens (primary N) is 2. The van der Waals surface area contributed by atoms with Gasteiger partial charge in [-0.25, -0.2) is 4.98 Å². The van der Waals surface area contributed by atoms with E-state index in [1.165, 1.54) is 18.8 Å². The van der Waals surface area contributed by atoms with Gasteiger partial charge in [-0.3, -0.25) is 9.98 Å². The van der Waals surface area contributed by atoms with Crippen LogP contribution in [-0.2, 0) is 6.54 Å². The lowest BCUT2D eigenvalue weighted by Gasteiger charge is -2.31. The van der Waals surface area contributed by atoms with E-state index in [4.69, 9.17) is 11.5 Å². The molecule has 17 heavy (non-hydrogen) atoms. The minimum atomic E-state index is 0.440. The maximum atomic E-state index is 5.47. The Morgan fingerprint density at radius 3 is 2.76 bits per heavy atom. The Labute approximate surface area is 100 Å². The Kier molecular flexibility index (Phi) is 3.54. The van der Waals surface area contributed by atoms with Crippen LogP contribution in [0.1, 0.15) is 12.1 Å². The van der Waals surface area contributed by atoms with Crippen molar-refractivity contribution in [3.05, 3.63) is 30.0 Å². The maximum Gasteiger partial charge on any atom is 0.147 e. The fraction of sp³-hybridized carbons (Fsp3) is 0.364. The predicted molar refractivity (Wildman–Crippen MR) is 67.5 cm³/mol. The number of allylic oxidation sites excluding steroid dienone is 1. The molecule has 2 heterocycles. The standard InChI is InChI=1S/C11H16N6/c12-4-9(13)5-14-6-10-7-16-11(8-15-10)17-2-1-3-17/h4-5,7-8H,1-3,6,12-13H2/b9-4+,14-5?. The van der Waals surface area contributed by atoms with Gasteiger partial charge in [0.1, 0.15) is 5.82 Å². The third-order valence-corrected chi connectivity index (χ3v) is 2.56. The molecule has 0 radical (unpaired) electrons. The second kappa shape index (κ2) is 5.29. The van der Waals surface area contributed by atoms with Gasteiger partial charge in [0.15, 0.2) is 0 Å². The van der Waals surface area contributed by atoms with Gasteiger partial charge in [-0.1, -0.05) is 0 Å². The molecule has 0 aromatic carbocycles. The van der Waals surface area contributed by atoms with Crippen LogP contribution in [0.2, 0.25) is 0 Å². The molecule has 6 nitrogen and oxygen atoms in total. The summed E-state index contributed by atoms with van der Waals surface area (Å²) in [4.78, 5) is 14.9. The number of anilines is 1. The number of aliphatic imine (C=N–C) groups is 1. The summed E-state index contributed by atoms with van der Waals surface area (Å²) in [5, 5.41) is 0. The molecule has 0 atom stereocenters. The van der Waals surface area contributed by atoms with Crippen LogP contribution in [0.4, 0.5) is 5.82 Å². The van der Waals surface area contributed by atoms with E-state index in [-0.39, 0.29) is 0 Å². The zero-order valence-corrected chi connectivity index (χ0v) is 9.58. The highest BCUT2D eigenvalue weighted by Crippen LogP contribution is 2.16. The number of rotatable bonds is 4. The van der Waals surface area contributed by atoms with Crippen LogP contribution in [-0.4, -0.2) is 29.3 Å². The topological polar surface area (TPSA) is 93.4 Å². The SMILES string of the molecule is N/C=C(/N)C=NCc1cnc(N2CCC2)cn1. The minimum Gasteiger partial charge on any atom is -0.403 e. The molecule has 1 fully saturated rings. The highest BCUT2D eigenvalue weighted by atomic mass is 15.2. The lowest BCUT2D eigenvalue weighted by Crippen LogP contribution is -2.37. The average molecular weight is 232 g/mol. The van der Waals surface area contributed by atoms with E-state index in [1.807, 2.05) is 0 Å². The van der Waals surface area contributed by atoms with Crippen molar-refractivity contribution >= 4 is 12.0 Å². The predicted octanol–water partition coefficient (Wildman–Crippen LogP) is 0.0163. The van der Waals surface area contributed by atoms with Gasteiger partial charge < -0.3 is 16.4 Å². The van der Waals surface area contributed by atoms with E-state index in [0.29, 0.717) is 12.2 Å². The molecule has 0 saturated carbocycles. The van der Waals surface area contributed by atoms with E-state index in [9.17, 15) is 0 Å². The molecule has 1 aliphatic heterocycles. The van der Waals surface area contributed by atoms with Crippen LogP contribution in [0.15, 0.2) is 29.3 Å². The normalized spacial score (nSPS) is 16.2. The van der Waals surface area contributed by atoms with E-state index in [1.54, 1.807) is 12.4 Å². The van der Waals surface area contributed by atoms with Gasteiger partial charge in [-0.2, -0.15) is 0 Å². The molecule has 0 spiro atoms. The van der Waals surface area contributed by atoms with Gasteiger partial charge in [0.2, 0.25) is 0 Å². The summed E-state index contributed by atoms with van der Waals surface area (Å²) in [6.45, 7) is 2.61. The zero-order valence-electron chi connectivity index (χ0n) is 9.58. The molecule has 0 bridgehead atoms. The fourth-order valence-electron chi connectivity index (χ4n) is 1.43. The first kappa shape index (κ1) is 11.4. The number of hydrogen-bond donors (Lipinski definition) is 2. The minimum absolute atomic E-state index is 0.440. The van der Waals surface area contributed by atoms with Gasteiger partial charge in [0.25, 0.3) is 0 Å². The quantitative estimate of drug-likeness (QED) is 0.714. The summed E-state index contributed by atoms with van der Waals surface area (Å²) >= 11 is 0. The lowest BCUT2D eigenvalue weighted by atomic mass is 10.2. The first-order chi connectivity index (χ1) is 8.29. The van der Waals surface area contributed by atoms with Crippen LogP contribution >= 0.6 is 0 Å². The third kappa shape index (κ3) is 2.93. The van der Waals surface area contributed by atoms with Gasteiger partial charge >= 0.3 is 0 Å². The van der Waals surface area contributed by atoms with Crippen LogP contribution in [0.5, 0.6) is 0 Å². The summed E-state index contributed by atoms with van der Waals surface area (Å²) in [6, 6.07) is 0. The van der Waals surface area contributed by atoms with Crippen molar-refractivity contribution in [3.63, 3.8) is 0 Å². The highest BCUT2D eigenvalue weighted by Gasteiger charge is 2.15. The Balaban J connectivity index is 1.91. The Hall–Kier alpha value is -2.11. The summed E-state index contributed by atoms with van der Waals surface area (Å²) in [6.07, 6.45) is 7.59. The molecule has 1 aromatic heterocycles. The number of hydrogen-bond acceptors (Lipinski definition) is 6. The van der Waals surface area contributed by atoms with E-state index in [2.05, 4.69) is 19.9 Å². The van der Waals surface area contributed by atoms with Crippen molar-refractivity contribution < 1.29 is 0 Å². The molecular formula is C11H16N6. The van der Waals surface area contributed by atoms with E-state index in [0.717, 1.165) is 24.6 Å². The average Bonchev–Trinajstić information content (AvgIpc) is 2.29. The molecule has 1 aromatic rings. The smallest absolute Gasteiger partial charge is 0.147 e. The summed E-state index contributed by atoms with van der Waals surface area (Å²) in [7, 11) is 0. The molecule has 1 saturated heterocycles. The van der Waals surface area contributed by atoms with Crippen molar-refractivity contribution in [1.29, 1.82) is 0 Å². The monoisotopic (exact) mass is 232 g/mol. The molecule has 4 N–H and O–H groups in total. The summed E-state index contributed by atoms with van der Waals surface area (Å²) in [5.74, 6) is 0.936. The second-order valence-electron chi connectivity index (χ2n) is 3.84. The maximum absolute atomic E-state index is 5.47. The Bertz CT molecular complexity index is 418. The number of nitrogens with zero attached hydrogens (tertiary/aromatic N) is 4. The molecular weight excluding hydrogens is 216 g/mol. The molecule has 90 valence electrons. The van der Waals surface area contributed by atoms with Gasteiger partial charge in [0, 0.05) is 25.5 Å². The lowest BCUT2D eigenvalue weighted by molar-refractivity contribution is 0.607. The van der Waals surface area contributed by atoms with Crippen LogP contribution < -0.4 is 16.4 Å². The van der Waals surface area contributed by atoms with Gasteiger partial charge in [-0.05, 0) is 6.42 Å². The molecule has 2 rings (SSSR count). The largest absolute Gasteiger partial charge is 0.403 e. The molecule has 0 amide bonds. The van der Waals surface area contributed by atoms with Gasteiger partial charge in [-0.15, -0.1) is 0 Å². The van der Waals surface area contributed by atoms with Crippen molar-refractivity contribution in [2.24, 2.45) is 16.5 Å². The number of aromatic nitrogens is 2. The van der Waals surface area contributed by atoms with Crippen molar-refractivity contribution in [2.45, 2.75) is 13.0 Å². The van der Waals surface area contributed by atoms with Gasteiger partial charge in [0.05, 0.1) is 30.3 Å². The van der Waals surface area contributed by atoms with Crippen LogP contribution in [0.25, 0.3) is 0 Å². The summed E-state index contributed by atoms with van der Waals surface area (Å²) in [5.41, 5.74) is 11.9. The van der Waals surface area contributed by atoms with E-state index < -0.39 is 0 Å². The second-order valence-corrected chi connectivity index (χ2v) is 3.84. The Morgan fingerprint density at radius 2 is 2.24 bits per heavy atom. The van der Waals surface area contributed by atoms with E-state index >= 15 is 0 Å². The van der Waals surface area contributed by atoms with Crippen molar-refractivity contribution in [1.82, 2.24) is 9.97 Å². The molecule has 0 aliphatic carbocycles. The molecule has 1 aliphatic rings.